The summed E-state index contributed by atoms with van der Waals surface area (Å²) in [6, 6.07) is 0. The second-order valence-corrected chi connectivity index (χ2v) is 7.84. The van der Waals surface area contributed by atoms with Gasteiger partial charge in [-0.15, -0.1) is 0 Å². The Bertz CT molecular complexity index is 752. The molecule has 0 aromatic heterocycles. The molecule has 2 fully saturated rings. The molecule has 1 aliphatic carbocycles. The number of rotatable bonds is 7. The number of aliphatic hydroxyl groups excluding tert-OH is 1. The number of likely N-dealkylation sites (N-methyl/N-ethyl adjacent to an activating group) is 1. The summed E-state index contributed by atoms with van der Waals surface area (Å²) in [6.07, 6.45) is 15.2. The molecule has 2 aliphatic rings. The lowest BCUT2D eigenvalue weighted by molar-refractivity contribution is -0.107. The van der Waals surface area contributed by atoms with E-state index >= 15 is 0 Å². The van der Waals surface area contributed by atoms with Crippen molar-refractivity contribution in [3.05, 3.63) is 60.2 Å². The van der Waals surface area contributed by atoms with E-state index in [1.54, 1.807) is 7.05 Å². The summed E-state index contributed by atoms with van der Waals surface area (Å²) in [5, 5.41) is 10.3. The summed E-state index contributed by atoms with van der Waals surface area (Å²) in [6.45, 7) is 11.7. The number of hydrogen-bond donors (Lipinski definition) is 1. The Balaban J connectivity index is 2.43. The van der Waals surface area contributed by atoms with Gasteiger partial charge in [-0.05, 0) is 24.8 Å². The van der Waals surface area contributed by atoms with Crippen LogP contribution in [0.2, 0.25) is 0 Å². The predicted molar refractivity (Wildman–Crippen MR) is 121 cm³/mol. The number of nitrogens with zero attached hydrogens (tertiary/aromatic N) is 3. The highest BCUT2D eigenvalue weighted by atomic mass is 16.3. The Morgan fingerprint density at radius 2 is 2.00 bits per heavy atom. The molecule has 0 aromatic carbocycles. The number of carbonyl (C=O) groups excluding carboxylic acids is 1. The van der Waals surface area contributed by atoms with E-state index in [0.29, 0.717) is 24.2 Å². The van der Waals surface area contributed by atoms with Crippen molar-refractivity contribution < 1.29 is 9.90 Å². The van der Waals surface area contributed by atoms with E-state index in [0.717, 1.165) is 38.1 Å². The largest absolute Gasteiger partial charge is 0.503 e. The quantitative estimate of drug-likeness (QED) is 0.168. The van der Waals surface area contributed by atoms with Crippen LogP contribution < -0.4 is 0 Å². The van der Waals surface area contributed by atoms with Crippen LogP contribution in [0.4, 0.5) is 0 Å². The Kier molecular flexibility index (Phi) is 8.06. The summed E-state index contributed by atoms with van der Waals surface area (Å²) in [5.74, 6) is 0.574. The second-order valence-electron chi connectivity index (χ2n) is 7.84. The Morgan fingerprint density at radius 3 is 2.55 bits per heavy atom. The lowest BCUT2D eigenvalue weighted by Gasteiger charge is -2.41. The number of carbonyl (C=O) groups is 1. The number of aliphatic imine (C=N–C) groups is 1. The predicted octanol–water partition coefficient (Wildman–Crippen LogP) is 4.77. The van der Waals surface area contributed by atoms with Crippen LogP contribution >= 0.6 is 0 Å². The van der Waals surface area contributed by atoms with Gasteiger partial charge in [0, 0.05) is 39.0 Å². The van der Waals surface area contributed by atoms with E-state index in [1.165, 1.54) is 18.4 Å². The second kappa shape index (κ2) is 10.3. The highest BCUT2D eigenvalue weighted by Crippen LogP contribution is 2.48. The van der Waals surface area contributed by atoms with Crippen molar-refractivity contribution in [2.24, 2.45) is 10.4 Å². The smallest absolute Gasteiger partial charge is 0.186 e. The maximum absolute atomic E-state index is 11.4. The van der Waals surface area contributed by atoms with Gasteiger partial charge in [-0.3, -0.25) is 9.79 Å². The first-order valence-electron chi connectivity index (χ1n) is 10.5. The number of aldehydes is 1. The van der Waals surface area contributed by atoms with Crippen LogP contribution in [0.25, 0.3) is 0 Å². The lowest BCUT2D eigenvalue weighted by atomic mass is 9.74. The molecule has 2 rings (SSSR count). The molecule has 158 valence electrons. The summed E-state index contributed by atoms with van der Waals surface area (Å²) in [7, 11) is 3.69. The Hall–Kier alpha value is -2.56. The average molecular weight is 398 g/mol. The topological polar surface area (TPSA) is 56.1 Å². The fraction of sp³-hybridized carbons (Fsp3) is 0.500. The van der Waals surface area contributed by atoms with Crippen molar-refractivity contribution >= 4 is 12.1 Å². The minimum Gasteiger partial charge on any atom is -0.503 e. The molecule has 0 bridgehead atoms. The first-order chi connectivity index (χ1) is 13.9. The highest BCUT2D eigenvalue weighted by Gasteiger charge is 2.39. The SMILES string of the molecule is C=C/C(=C\C=C/CC)C1(CC(=NC)N2CCN(C)C(=C)/C2=C(\O)C=O)CCCC1. The van der Waals surface area contributed by atoms with E-state index in [1.807, 2.05) is 22.9 Å². The fourth-order valence-corrected chi connectivity index (χ4v) is 4.42. The van der Waals surface area contributed by atoms with Crippen LogP contribution in [0, 0.1) is 5.41 Å². The maximum Gasteiger partial charge on any atom is 0.186 e. The van der Waals surface area contributed by atoms with Crippen molar-refractivity contribution in [3.8, 4) is 0 Å². The van der Waals surface area contributed by atoms with E-state index in [4.69, 9.17) is 0 Å². The number of amidine groups is 1. The van der Waals surface area contributed by atoms with Gasteiger partial charge in [0.1, 0.15) is 11.5 Å². The van der Waals surface area contributed by atoms with Gasteiger partial charge in [-0.25, -0.2) is 0 Å². The fourth-order valence-electron chi connectivity index (χ4n) is 4.42. The molecular weight excluding hydrogens is 362 g/mol. The van der Waals surface area contributed by atoms with E-state index in [-0.39, 0.29) is 11.2 Å². The lowest BCUT2D eigenvalue weighted by Crippen LogP contribution is -2.46. The highest BCUT2D eigenvalue weighted by molar-refractivity contribution is 5.87. The van der Waals surface area contributed by atoms with E-state index < -0.39 is 0 Å². The van der Waals surface area contributed by atoms with Crippen LogP contribution in [0.15, 0.2) is 65.2 Å². The molecule has 1 aliphatic heterocycles. The van der Waals surface area contributed by atoms with Crippen molar-refractivity contribution in [1.82, 2.24) is 9.80 Å². The van der Waals surface area contributed by atoms with Gasteiger partial charge >= 0.3 is 0 Å². The van der Waals surface area contributed by atoms with Gasteiger partial charge in [-0.2, -0.15) is 0 Å². The minimum absolute atomic E-state index is 0.0265. The molecule has 0 spiro atoms. The molecule has 1 N–H and O–H groups in total. The summed E-state index contributed by atoms with van der Waals surface area (Å²) in [4.78, 5) is 19.9. The molecule has 0 aromatic rings. The molecule has 1 saturated heterocycles. The molecule has 5 nitrogen and oxygen atoms in total. The number of allylic oxidation sites excluding steroid dienone is 6. The zero-order valence-electron chi connectivity index (χ0n) is 18.2. The number of aliphatic hydroxyl groups is 1. The maximum atomic E-state index is 11.4. The van der Waals surface area contributed by atoms with Gasteiger partial charge in [0.15, 0.2) is 12.0 Å². The van der Waals surface area contributed by atoms with E-state index in [9.17, 15) is 9.90 Å². The van der Waals surface area contributed by atoms with Crippen LogP contribution in [-0.2, 0) is 4.79 Å². The third-order valence-electron chi connectivity index (χ3n) is 6.12. The monoisotopic (exact) mass is 397 g/mol. The molecule has 29 heavy (non-hydrogen) atoms. The third kappa shape index (κ3) is 4.89. The molecule has 1 heterocycles. The molecule has 5 heteroatoms. The number of hydrogen-bond acceptors (Lipinski definition) is 4. The van der Waals surface area contributed by atoms with Crippen LogP contribution in [0.3, 0.4) is 0 Å². The molecule has 0 atom stereocenters. The van der Waals surface area contributed by atoms with Crippen molar-refractivity contribution in [3.63, 3.8) is 0 Å². The van der Waals surface area contributed by atoms with Crippen LogP contribution in [0.1, 0.15) is 45.4 Å². The standard InChI is InChI=1S/C24H35N3O2/c1-6-8-9-12-20(7-2)24(13-10-11-14-24)17-22(25-4)27-16-15-26(5)19(3)23(27)21(29)18-28/h7-9,12,18,29H,2-3,6,10-11,13-17H2,1,4-5H3/b9-8-,20-12+,23-21+,25-22?. The zero-order chi connectivity index (χ0) is 21.4. The summed E-state index contributed by atoms with van der Waals surface area (Å²) < 4.78 is 0. The van der Waals surface area contributed by atoms with Gasteiger partial charge in [0.05, 0.1) is 5.70 Å². The van der Waals surface area contributed by atoms with Gasteiger partial charge < -0.3 is 14.9 Å². The molecular formula is C24H35N3O2. The van der Waals surface area contributed by atoms with E-state index in [2.05, 4.69) is 43.3 Å². The Labute approximate surface area is 175 Å². The molecule has 0 unspecified atom stereocenters. The van der Waals surface area contributed by atoms with Crippen molar-refractivity contribution in [2.75, 3.05) is 27.2 Å². The van der Waals surface area contributed by atoms with Crippen molar-refractivity contribution in [2.45, 2.75) is 45.4 Å². The zero-order valence-corrected chi connectivity index (χ0v) is 18.2. The Morgan fingerprint density at radius 1 is 1.31 bits per heavy atom. The van der Waals surface area contributed by atoms with Gasteiger partial charge in [0.25, 0.3) is 0 Å². The third-order valence-corrected chi connectivity index (χ3v) is 6.12. The molecule has 1 saturated carbocycles. The van der Waals surface area contributed by atoms with Gasteiger partial charge in [0.2, 0.25) is 0 Å². The molecule has 0 amide bonds. The number of piperazine rings is 1. The average Bonchev–Trinajstić information content (AvgIpc) is 3.20. The first-order valence-corrected chi connectivity index (χ1v) is 10.5. The summed E-state index contributed by atoms with van der Waals surface area (Å²) in [5.41, 5.74) is 2.30. The van der Waals surface area contributed by atoms with Gasteiger partial charge in [-0.1, -0.05) is 57.2 Å². The van der Waals surface area contributed by atoms with Crippen molar-refractivity contribution in [1.29, 1.82) is 0 Å². The summed E-state index contributed by atoms with van der Waals surface area (Å²) >= 11 is 0. The normalized spacial score (nSPS) is 22.4. The van der Waals surface area contributed by atoms with Crippen LogP contribution in [-0.4, -0.2) is 54.2 Å². The minimum atomic E-state index is -0.298. The molecule has 0 radical (unpaired) electrons. The van der Waals surface area contributed by atoms with Crippen LogP contribution in [0.5, 0.6) is 0 Å². The first kappa shape index (κ1) is 22.7.